The highest BCUT2D eigenvalue weighted by Crippen LogP contribution is 2.17. The summed E-state index contributed by atoms with van der Waals surface area (Å²) >= 11 is 0. The average molecular weight is 414 g/mol. The lowest BCUT2D eigenvalue weighted by Gasteiger charge is -2.18. The van der Waals surface area contributed by atoms with Crippen LogP contribution in [-0.2, 0) is 21.2 Å². The van der Waals surface area contributed by atoms with Crippen molar-refractivity contribution < 1.29 is 22.0 Å². The number of nitrogens with two attached hydrogens (primary N) is 1. The molecule has 150 valence electrons. The van der Waals surface area contributed by atoms with Crippen molar-refractivity contribution in [3.63, 3.8) is 0 Å². The zero-order valence-electron chi connectivity index (χ0n) is 14.9. The van der Waals surface area contributed by atoms with Gasteiger partial charge in [-0.1, -0.05) is 26.0 Å². The van der Waals surface area contributed by atoms with Gasteiger partial charge in [0.15, 0.2) is 0 Å². The summed E-state index contributed by atoms with van der Waals surface area (Å²) in [4.78, 5) is 11.8. The first kappa shape index (κ1) is 24.7. The molecule has 1 aromatic carbocycles. The molecule has 0 fully saturated rings. The van der Waals surface area contributed by atoms with Gasteiger partial charge in [0.05, 0.1) is 18.0 Å². The molecule has 0 atom stereocenters. The molecule has 0 aromatic heterocycles. The van der Waals surface area contributed by atoms with Crippen LogP contribution in [0.1, 0.15) is 25.8 Å². The van der Waals surface area contributed by atoms with Crippen LogP contribution in [0.4, 0.5) is 8.78 Å². The number of carbonyl (C=O) groups excluding carboxylic acids is 1. The smallest absolute Gasteiger partial charge is 0.277 e. The molecule has 1 rings (SSSR count). The van der Waals surface area contributed by atoms with Gasteiger partial charge in [-0.05, 0) is 24.1 Å². The number of hydrogen-bond donors (Lipinski definition) is 2. The number of carbonyl (C=O) groups is 1. The van der Waals surface area contributed by atoms with Crippen molar-refractivity contribution >= 4 is 28.3 Å². The van der Waals surface area contributed by atoms with Crippen molar-refractivity contribution in [3.05, 3.63) is 29.8 Å². The minimum Gasteiger partial charge on any atom is -0.350 e. The van der Waals surface area contributed by atoms with Crippen LogP contribution >= 0.6 is 12.4 Å². The van der Waals surface area contributed by atoms with E-state index in [-0.39, 0.29) is 23.7 Å². The molecule has 26 heavy (non-hydrogen) atoms. The number of nitrogens with zero attached hydrogens (tertiary/aromatic N) is 1. The second-order valence-corrected chi connectivity index (χ2v) is 7.51. The largest absolute Gasteiger partial charge is 0.350 e. The predicted octanol–water partition coefficient (Wildman–Crippen LogP) is 1.78. The Balaban J connectivity index is 0.00000625. The third kappa shape index (κ3) is 7.14. The van der Waals surface area contributed by atoms with Gasteiger partial charge in [0.2, 0.25) is 15.9 Å². The van der Waals surface area contributed by atoms with Gasteiger partial charge in [-0.25, -0.2) is 17.2 Å². The first-order chi connectivity index (χ1) is 11.7. The average Bonchev–Trinajstić information content (AvgIpc) is 2.59. The van der Waals surface area contributed by atoms with E-state index in [0.717, 1.165) is 5.56 Å². The van der Waals surface area contributed by atoms with Crippen molar-refractivity contribution in [1.29, 1.82) is 0 Å². The van der Waals surface area contributed by atoms with Gasteiger partial charge in [-0.2, -0.15) is 4.31 Å². The van der Waals surface area contributed by atoms with Crippen LogP contribution in [0.5, 0.6) is 0 Å². The number of sulfonamides is 1. The Bertz CT molecular complexity index is 666. The first-order valence-corrected chi connectivity index (χ1v) is 9.54. The lowest BCUT2D eigenvalue weighted by molar-refractivity contribution is -0.122. The lowest BCUT2D eigenvalue weighted by Crippen LogP contribution is -2.41. The lowest BCUT2D eigenvalue weighted by atomic mass is 10.1. The number of aryl methyl sites for hydroxylation is 1. The van der Waals surface area contributed by atoms with Crippen molar-refractivity contribution in [2.45, 2.75) is 37.5 Å². The summed E-state index contributed by atoms with van der Waals surface area (Å²) in [7, 11) is -3.52. The molecule has 0 aliphatic heterocycles. The number of rotatable bonds is 10. The fourth-order valence-electron chi connectivity index (χ4n) is 2.19. The first-order valence-electron chi connectivity index (χ1n) is 8.10. The zero-order valence-corrected chi connectivity index (χ0v) is 16.5. The minimum absolute atomic E-state index is 0. The molecule has 10 heteroatoms. The van der Waals surface area contributed by atoms with Crippen LogP contribution in [0.25, 0.3) is 0 Å². The van der Waals surface area contributed by atoms with Gasteiger partial charge in [-0.3, -0.25) is 4.79 Å². The van der Waals surface area contributed by atoms with Crippen molar-refractivity contribution in [2.24, 2.45) is 5.73 Å². The SMILES string of the molecule is CCN(CC)S(=O)(=O)c1ccc(CCC(=O)NCC(F)(F)CN)cc1.Cl. The van der Waals surface area contributed by atoms with Gasteiger partial charge >= 0.3 is 0 Å². The Hall–Kier alpha value is -1.29. The van der Waals surface area contributed by atoms with E-state index in [1.165, 1.54) is 16.4 Å². The number of benzene rings is 1. The second kappa shape index (κ2) is 10.8. The van der Waals surface area contributed by atoms with Gasteiger partial charge < -0.3 is 11.1 Å². The number of alkyl halides is 2. The molecule has 0 heterocycles. The van der Waals surface area contributed by atoms with Crippen LogP contribution in [0.3, 0.4) is 0 Å². The molecule has 1 aromatic rings. The molecule has 1 amide bonds. The monoisotopic (exact) mass is 413 g/mol. The van der Waals surface area contributed by atoms with E-state index in [9.17, 15) is 22.0 Å². The fraction of sp³-hybridized carbons (Fsp3) is 0.562. The summed E-state index contributed by atoms with van der Waals surface area (Å²) in [5.41, 5.74) is 5.64. The molecule has 0 saturated heterocycles. The normalized spacial score (nSPS) is 11.9. The second-order valence-electron chi connectivity index (χ2n) is 5.57. The quantitative estimate of drug-likeness (QED) is 0.611. The van der Waals surface area contributed by atoms with Crippen LogP contribution in [0.15, 0.2) is 29.2 Å². The number of hydrogen-bond acceptors (Lipinski definition) is 4. The summed E-state index contributed by atoms with van der Waals surface area (Å²) in [6.07, 6.45) is 0.356. The number of nitrogens with one attached hydrogen (secondary N) is 1. The number of halogens is 3. The van der Waals surface area contributed by atoms with Crippen LogP contribution < -0.4 is 11.1 Å². The molecular formula is C16H26ClF2N3O3S. The maximum absolute atomic E-state index is 13.0. The summed E-state index contributed by atoms with van der Waals surface area (Å²) in [5, 5.41) is 2.14. The highest BCUT2D eigenvalue weighted by Gasteiger charge is 2.27. The van der Waals surface area contributed by atoms with Crippen molar-refractivity contribution in [2.75, 3.05) is 26.2 Å². The Morgan fingerprint density at radius 2 is 1.73 bits per heavy atom. The number of amides is 1. The van der Waals surface area contributed by atoms with Crippen LogP contribution in [-0.4, -0.2) is 50.7 Å². The van der Waals surface area contributed by atoms with E-state index >= 15 is 0 Å². The van der Waals surface area contributed by atoms with Gasteiger partial charge in [-0.15, -0.1) is 12.4 Å². The Kier molecular flexibility index (Phi) is 10.2. The molecule has 0 unspecified atom stereocenters. The molecule has 0 aliphatic carbocycles. The van der Waals surface area contributed by atoms with E-state index in [1.54, 1.807) is 26.0 Å². The summed E-state index contributed by atoms with van der Waals surface area (Å²) in [5.74, 6) is -3.62. The maximum Gasteiger partial charge on any atom is 0.277 e. The molecule has 0 radical (unpaired) electrons. The molecule has 6 nitrogen and oxygen atoms in total. The van der Waals surface area contributed by atoms with Crippen LogP contribution in [0.2, 0.25) is 0 Å². The van der Waals surface area contributed by atoms with E-state index in [2.05, 4.69) is 5.32 Å². The van der Waals surface area contributed by atoms with Gasteiger partial charge in [0, 0.05) is 19.5 Å². The zero-order chi connectivity index (χ0) is 19.1. The minimum atomic E-state index is -3.52. The van der Waals surface area contributed by atoms with Gasteiger partial charge in [0.25, 0.3) is 5.92 Å². The Labute approximate surface area is 159 Å². The molecular weight excluding hydrogens is 388 g/mol. The third-order valence-corrected chi connectivity index (χ3v) is 5.81. The van der Waals surface area contributed by atoms with E-state index < -0.39 is 34.9 Å². The molecule has 0 saturated carbocycles. The molecule has 0 aliphatic rings. The Morgan fingerprint density at radius 3 is 2.19 bits per heavy atom. The van der Waals surface area contributed by atoms with E-state index in [4.69, 9.17) is 5.73 Å². The summed E-state index contributed by atoms with van der Waals surface area (Å²) in [6, 6.07) is 6.23. The maximum atomic E-state index is 13.0. The van der Waals surface area contributed by atoms with Crippen molar-refractivity contribution in [3.8, 4) is 0 Å². The summed E-state index contributed by atoms with van der Waals surface area (Å²) in [6.45, 7) is 2.69. The topological polar surface area (TPSA) is 92.5 Å². The van der Waals surface area contributed by atoms with E-state index in [1.807, 2.05) is 0 Å². The summed E-state index contributed by atoms with van der Waals surface area (Å²) < 4.78 is 52.0. The standard InChI is InChI=1S/C16H25F2N3O3S.ClH/c1-3-21(4-2)25(23,24)14-8-5-13(6-9-14)7-10-15(22)20-12-16(17,18)11-19;/h5-6,8-9H,3-4,7,10-12,19H2,1-2H3,(H,20,22);1H. The molecule has 0 spiro atoms. The molecule has 0 bridgehead atoms. The fourth-order valence-corrected chi connectivity index (χ4v) is 3.65. The van der Waals surface area contributed by atoms with Crippen molar-refractivity contribution in [1.82, 2.24) is 9.62 Å². The van der Waals surface area contributed by atoms with E-state index in [0.29, 0.717) is 19.5 Å². The third-order valence-electron chi connectivity index (χ3n) is 3.75. The Morgan fingerprint density at radius 1 is 1.19 bits per heavy atom. The highest BCUT2D eigenvalue weighted by molar-refractivity contribution is 7.89. The highest BCUT2D eigenvalue weighted by atomic mass is 35.5. The van der Waals surface area contributed by atoms with Crippen LogP contribution in [0, 0.1) is 0 Å². The van der Waals surface area contributed by atoms with Gasteiger partial charge in [0.1, 0.15) is 0 Å². The molecule has 3 N–H and O–H groups in total. The predicted molar refractivity (Wildman–Crippen MR) is 99.1 cm³/mol.